The molecule has 3 rings (SSSR count). The van der Waals surface area contributed by atoms with Crippen LogP contribution in [0.1, 0.15) is 15.9 Å². The van der Waals surface area contributed by atoms with E-state index in [0.29, 0.717) is 4.82 Å². The van der Waals surface area contributed by atoms with E-state index in [-0.39, 0.29) is 15.3 Å². The van der Waals surface area contributed by atoms with E-state index in [1.165, 1.54) is 11.1 Å². The average Bonchev–Trinajstić information content (AvgIpc) is 2.97. The predicted molar refractivity (Wildman–Crippen MR) is 80.8 cm³/mol. The van der Waals surface area contributed by atoms with Crippen molar-refractivity contribution in [3.05, 3.63) is 77.6 Å². The number of hydrogen-bond acceptors (Lipinski definition) is 2. The van der Waals surface area contributed by atoms with Gasteiger partial charge in [-0.3, -0.25) is 0 Å². The van der Waals surface area contributed by atoms with Crippen LogP contribution in [-0.4, -0.2) is 22.4 Å². The molecule has 0 aromatic heterocycles. The molecule has 20 heavy (non-hydrogen) atoms. The van der Waals surface area contributed by atoms with Crippen molar-refractivity contribution >= 4 is 15.3 Å². The van der Waals surface area contributed by atoms with Crippen molar-refractivity contribution in [1.29, 1.82) is 0 Å². The van der Waals surface area contributed by atoms with Gasteiger partial charge in [0.15, 0.2) is 0 Å². The van der Waals surface area contributed by atoms with Crippen LogP contribution in [0.2, 0.25) is 0 Å². The van der Waals surface area contributed by atoms with E-state index >= 15 is 0 Å². The fraction of sp³-hybridized carbons (Fsp3) is 0.176. The van der Waals surface area contributed by atoms with Gasteiger partial charge in [0.25, 0.3) is 0 Å². The summed E-state index contributed by atoms with van der Waals surface area (Å²) in [4.78, 5) is 0.442. The van der Waals surface area contributed by atoms with Crippen LogP contribution in [0.5, 0.6) is 5.75 Å². The van der Waals surface area contributed by atoms with E-state index < -0.39 is 0 Å². The van der Waals surface area contributed by atoms with Gasteiger partial charge in [-0.1, -0.05) is 0 Å². The van der Waals surface area contributed by atoms with E-state index in [2.05, 4.69) is 42.5 Å². The molecule has 0 amide bonds. The van der Waals surface area contributed by atoms with Gasteiger partial charge in [0, 0.05) is 0 Å². The normalized spacial score (nSPS) is 17.4. The Bertz CT molecular complexity index is 590. The molecule has 0 N–H and O–H groups in total. The summed E-state index contributed by atoms with van der Waals surface area (Å²) in [6.07, 6.45) is 3.12. The molecule has 0 aliphatic carbocycles. The molecule has 1 aliphatic rings. The summed E-state index contributed by atoms with van der Waals surface area (Å²) in [5.74, 6) is 1.98. The molecule has 1 aliphatic heterocycles. The Hall–Kier alpha value is -1.70. The Morgan fingerprint density at radius 2 is 1.80 bits per heavy atom. The summed E-state index contributed by atoms with van der Waals surface area (Å²) in [5.41, 5.74) is 2.60. The van der Waals surface area contributed by atoms with Crippen molar-refractivity contribution in [2.45, 2.75) is 11.2 Å². The zero-order valence-electron chi connectivity index (χ0n) is 11.3. The molecule has 1 unspecified atom stereocenters. The second-order valence-corrected chi connectivity index (χ2v) is 6.49. The van der Waals surface area contributed by atoms with Crippen molar-refractivity contribution in [1.82, 2.24) is 0 Å². The predicted octanol–water partition coefficient (Wildman–Crippen LogP) is 3.51. The first-order valence-electron chi connectivity index (χ1n) is 6.57. The standard InChI is InChI=1S/C17H16O2Se/c1-18-15-9-7-13(8-10-15)11-16-12-17(20-19-16)14-5-3-2-4-6-14/h2-10,12,17H,11H2,1H3. The second kappa shape index (κ2) is 6.17. The number of hydrogen-bond donors (Lipinski definition) is 0. The molecule has 0 fully saturated rings. The van der Waals surface area contributed by atoms with Gasteiger partial charge in [0.2, 0.25) is 0 Å². The van der Waals surface area contributed by atoms with Crippen LogP contribution in [0.25, 0.3) is 0 Å². The molecule has 2 aromatic rings. The summed E-state index contributed by atoms with van der Waals surface area (Å²) in [7, 11) is 1.69. The van der Waals surface area contributed by atoms with Gasteiger partial charge in [0.05, 0.1) is 0 Å². The Kier molecular flexibility index (Phi) is 4.10. The maximum absolute atomic E-state index is 5.87. The van der Waals surface area contributed by atoms with E-state index in [4.69, 9.17) is 8.56 Å². The summed E-state index contributed by atoms with van der Waals surface area (Å²) in [6, 6.07) is 18.7. The minimum atomic E-state index is 0.170. The molecule has 2 aromatic carbocycles. The van der Waals surface area contributed by atoms with Crippen LogP contribution in [0.4, 0.5) is 0 Å². The second-order valence-electron chi connectivity index (χ2n) is 4.67. The summed E-state index contributed by atoms with van der Waals surface area (Å²) >= 11 is 0.170. The summed E-state index contributed by atoms with van der Waals surface area (Å²) < 4.78 is 11.0. The zero-order valence-corrected chi connectivity index (χ0v) is 13.0. The third kappa shape index (κ3) is 3.06. The Morgan fingerprint density at radius 3 is 2.50 bits per heavy atom. The van der Waals surface area contributed by atoms with E-state index in [1.807, 2.05) is 18.2 Å². The third-order valence-corrected chi connectivity index (χ3v) is 5.20. The monoisotopic (exact) mass is 332 g/mol. The number of benzene rings is 2. The van der Waals surface area contributed by atoms with Crippen LogP contribution < -0.4 is 4.74 Å². The van der Waals surface area contributed by atoms with Crippen LogP contribution in [0, 0.1) is 0 Å². The van der Waals surface area contributed by atoms with Crippen molar-refractivity contribution < 1.29 is 8.56 Å². The molecule has 1 atom stereocenters. The molecule has 1 heterocycles. The van der Waals surface area contributed by atoms with Gasteiger partial charge >= 0.3 is 125 Å². The number of rotatable bonds is 4. The van der Waals surface area contributed by atoms with Gasteiger partial charge in [-0.15, -0.1) is 0 Å². The number of methoxy groups -OCH3 is 1. The van der Waals surface area contributed by atoms with Gasteiger partial charge < -0.3 is 0 Å². The van der Waals surface area contributed by atoms with E-state index in [9.17, 15) is 0 Å². The average molecular weight is 331 g/mol. The maximum atomic E-state index is 5.87. The first-order chi connectivity index (χ1) is 9.85. The fourth-order valence-corrected chi connectivity index (χ4v) is 3.88. The Labute approximate surface area is 125 Å². The van der Waals surface area contributed by atoms with Crippen LogP contribution in [0.3, 0.4) is 0 Å². The molecule has 2 nitrogen and oxygen atoms in total. The van der Waals surface area contributed by atoms with Crippen molar-refractivity contribution in [2.24, 2.45) is 0 Å². The molecule has 0 saturated carbocycles. The molecule has 0 bridgehead atoms. The molecular weight excluding hydrogens is 315 g/mol. The van der Waals surface area contributed by atoms with Crippen LogP contribution >= 0.6 is 0 Å². The van der Waals surface area contributed by atoms with Crippen LogP contribution in [0.15, 0.2) is 66.4 Å². The number of ether oxygens (including phenoxy) is 1. The fourth-order valence-electron chi connectivity index (χ4n) is 2.17. The summed E-state index contributed by atoms with van der Waals surface area (Å²) in [6.45, 7) is 0. The minimum absolute atomic E-state index is 0.170. The molecule has 0 radical (unpaired) electrons. The quantitative estimate of drug-likeness (QED) is 0.798. The van der Waals surface area contributed by atoms with Crippen LogP contribution in [-0.2, 0) is 10.2 Å². The summed E-state index contributed by atoms with van der Waals surface area (Å²) in [5, 5.41) is 0. The topological polar surface area (TPSA) is 18.5 Å². The third-order valence-electron chi connectivity index (χ3n) is 3.26. The zero-order chi connectivity index (χ0) is 13.8. The van der Waals surface area contributed by atoms with Crippen molar-refractivity contribution in [3.63, 3.8) is 0 Å². The SMILES string of the molecule is COc1ccc(CC2=CC(c3ccccc3)[Se]O2)cc1. The molecule has 0 saturated heterocycles. The van der Waals surface area contributed by atoms with Gasteiger partial charge in [-0.2, -0.15) is 0 Å². The Morgan fingerprint density at radius 1 is 1.05 bits per heavy atom. The van der Waals surface area contributed by atoms with Gasteiger partial charge in [-0.25, -0.2) is 0 Å². The van der Waals surface area contributed by atoms with Gasteiger partial charge in [0.1, 0.15) is 0 Å². The van der Waals surface area contributed by atoms with E-state index in [1.54, 1.807) is 7.11 Å². The molecule has 0 spiro atoms. The first kappa shape index (κ1) is 13.3. The molecule has 102 valence electrons. The first-order valence-corrected chi connectivity index (χ1v) is 8.26. The van der Waals surface area contributed by atoms with E-state index in [0.717, 1.165) is 17.9 Å². The molecule has 3 heteroatoms. The number of allylic oxidation sites excluding steroid dienone is 2. The molecular formula is C17H16O2Se. The van der Waals surface area contributed by atoms with Gasteiger partial charge in [-0.05, 0) is 0 Å². The van der Waals surface area contributed by atoms with Crippen molar-refractivity contribution in [3.8, 4) is 5.75 Å². The van der Waals surface area contributed by atoms with Crippen molar-refractivity contribution in [2.75, 3.05) is 7.11 Å². The Balaban J connectivity index is 1.69.